The summed E-state index contributed by atoms with van der Waals surface area (Å²) in [6.07, 6.45) is 0. The summed E-state index contributed by atoms with van der Waals surface area (Å²) >= 11 is 4.87. The summed E-state index contributed by atoms with van der Waals surface area (Å²) in [4.78, 5) is 11.2. The van der Waals surface area contributed by atoms with Crippen LogP contribution in [0.15, 0.2) is 34.1 Å². The molecule has 0 atom stereocenters. The molecule has 1 aromatic heterocycles. The number of nitro benzene ring substituents is 1. The highest BCUT2D eigenvalue weighted by Gasteiger charge is 2.14. The molecule has 0 spiro atoms. The largest absolute Gasteiger partial charge is 0.375 e. The van der Waals surface area contributed by atoms with Crippen molar-refractivity contribution in [3.8, 4) is 0 Å². The smallest absolute Gasteiger partial charge is 0.295 e. The fourth-order valence-electron chi connectivity index (χ4n) is 1.43. The van der Waals surface area contributed by atoms with Gasteiger partial charge in [0.1, 0.15) is 11.5 Å². The molecule has 0 bridgehead atoms. The van der Waals surface area contributed by atoms with Crippen molar-refractivity contribution in [2.45, 2.75) is 6.54 Å². The maximum absolute atomic E-state index is 12.9. The Kier molecular flexibility index (Phi) is 3.93. The summed E-state index contributed by atoms with van der Waals surface area (Å²) in [7, 11) is 0. The van der Waals surface area contributed by atoms with Crippen LogP contribution in [0.2, 0.25) is 0 Å². The van der Waals surface area contributed by atoms with E-state index in [-0.39, 0.29) is 5.69 Å². The lowest BCUT2D eigenvalue weighted by Gasteiger charge is -2.05. The van der Waals surface area contributed by atoms with Gasteiger partial charge in [-0.3, -0.25) is 10.1 Å². The molecule has 0 amide bonds. The average molecular weight is 331 g/mol. The number of nitro groups is 1. The SMILES string of the molecule is O=[N+]([O-])c1cc(F)ccc1NCc1ccc(Br)s1. The van der Waals surface area contributed by atoms with Crippen molar-refractivity contribution < 1.29 is 9.31 Å². The van der Waals surface area contributed by atoms with Crippen molar-refractivity contribution in [3.05, 3.63) is 54.9 Å². The maximum atomic E-state index is 12.9. The van der Waals surface area contributed by atoms with Crippen LogP contribution in [0.3, 0.4) is 0 Å². The number of nitrogens with one attached hydrogen (secondary N) is 1. The molecule has 0 aliphatic carbocycles. The number of anilines is 1. The Hall–Kier alpha value is -1.47. The minimum atomic E-state index is -0.619. The van der Waals surface area contributed by atoms with E-state index in [2.05, 4.69) is 21.2 Å². The van der Waals surface area contributed by atoms with Crippen LogP contribution in [0.25, 0.3) is 0 Å². The fraction of sp³-hybridized carbons (Fsp3) is 0.0909. The van der Waals surface area contributed by atoms with Crippen molar-refractivity contribution in [1.29, 1.82) is 0 Å². The molecule has 1 heterocycles. The third kappa shape index (κ3) is 3.05. The van der Waals surface area contributed by atoms with Crippen molar-refractivity contribution in [2.24, 2.45) is 0 Å². The highest BCUT2D eigenvalue weighted by molar-refractivity contribution is 9.11. The molecule has 0 aliphatic heterocycles. The van der Waals surface area contributed by atoms with Crippen molar-refractivity contribution >= 4 is 38.6 Å². The molecular formula is C11H8BrFN2O2S. The van der Waals surface area contributed by atoms with E-state index >= 15 is 0 Å². The minimum Gasteiger partial charge on any atom is -0.375 e. The van der Waals surface area contributed by atoms with Gasteiger partial charge in [-0.1, -0.05) is 0 Å². The first-order chi connectivity index (χ1) is 8.56. The van der Waals surface area contributed by atoms with Crippen LogP contribution in [0.1, 0.15) is 4.88 Å². The lowest BCUT2D eigenvalue weighted by molar-refractivity contribution is -0.384. The normalized spacial score (nSPS) is 10.3. The topological polar surface area (TPSA) is 55.2 Å². The minimum absolute atomic E-state index is 0.259. The molecule has 4 nitrogen and oxygen atoms in total. The molecule has 0 aliphatic rings. The molecule has 0 saturated heterocycles. The molecule has 0 unspecified atom stereocenters. The lowest BCUT2D eigenvalue weighted by atomic mass is 10.2. The number of benzene rings is 1. The van der Waals surface area contributed by atoms with Gasteiger partial charge in [0.15, 0.2) is 0 Å². The van der Waals surface area contributed by atoms with Gasteiger partial charge in [-0.15, -0.1) is 11.3 Å². The Morgan fingerprint density at radius 2 is 2.17 bits per heavy atom. The maximum Gasteiger partial charge on any atom is 0.295 e. The standard InChI is InChI=1S/C11H8BrFN2O2S/c12-11-4-2-8(18-11)6-14-9-3-1-7(13)5-10(9)15(16)17/h1-5,14H,6H2. The van der Waals surface area contributed by atoms with Crippen molar-refractivity contribution in [3.63, 3.8) is 0 Å². The van der Waals surface area contributed by atoms with Crippen LogP contribution in [0.4, 0.5) is 15.8 Å². The second kappa shape index (κ2) is 5.45. The molecular weight excluding hydrogens is 323 g/mol. The molecule has 1 N–H and O–H groups in total. The number of hydrogen-bond donors (Lipinski definition) is 1. The van der Waals surface area contributed by atoms with Crippen molar-refractivity contribution in [2.75, 3.05) is 5.32 Å². The van der Waals surface area contributed by atoms with Crippen LogP contribution in [0.5, 0.6) is 0 Å². The number of rotatable bonds is 4. The van der Waals surface area contributed by atoms with Crippen LogP contribution in [-0.4, -0.2) is 4.92 Å². The molecule has 0 radical (unpaired) electrons. The monoisotopic (exact) mass is 330 g/mol. The third-order valence-electron chi connectivity index (χ3n) is 2.24. The van der Waals surface area contributed by atoms with Gasteiger partial charge in [-0.05, 0) is 40.2 Å². The number of halogens is 2. The molecule has 1 aromatic carbocycles. The van der Waals surface area contributed by atoms with Gasteiger partial charge in [-0.2, -0.15) is 0 Å². The summed E-state index contributed by atoms with van der Waals surface area (Å²) in [6, 6.07) is 7.29. The predicted molar refractivity (Wildman–Crippen MR) is 72.4 cm³/mol. The van der Waals surface area contributed by atoms with E-state index in [1.54, 1.807) is 0 Å². The van der Waals surface area contributed by atoms with E-state index in [9.17, 15) is 14.5 Å². The Morgan fingerprint density at radius 1 is 1.39 bits per heavy atom. The number of hydrogen-bond acceptors (Lipinski definition) is 4. The van der Waals surface area contributed by atoms with Crippen LogP contribution >= 0.6 is 27.3 Å². The van der Waals surface area contributed by atoms with E-state index in [0.717, 1.165) is 14.7 Å². The Morgan fingerprint density at radius 3 is 2.78 bits per heavy atom. The van der Waals surface area contributed by atoms with Gasteiger partial charge < -0.3 is 5.32 Å². The van der Waals surface area contributed by atoms with Crippen LogP contribution in [0, 0.1) is 15.9 Å². The summed E-state index contributed by atoms with van der Waals surface area (Å²) in [5, 5.41) is 13.7. The Labute approximate surface area is 115 Å². The second-order valence-corrected chi connectivity index (χ2v) is 6.03. The first-order valence-corrected chi connectivity index (χ1v) is 6.59. The molecule has 0 fully saturated rings. The quantitative estimate of drug-likeness (QED) is 0.676. The predicted octanol–water partition coefficient (Wildman–Crippen LogP) is 4.17. The Balaban J connectivity index is 2.16. The van der Waals surface area contributed by atoms with Gasteiger partial charge in [0, 0.05) is 11.4 Å². The highest BCUT2D eigenvalue weighted by atomic mass is 79.9. The summed E-state index contributed by atoms with van der Waals surface area (Å²) in [6.45, 7) is 0.461. The zero-order valence-corrected chi connectivity index (χ0v) is 11.4. The molecule has 2 rings (SSSR count). The fourth-order valence-corrected chi connectivity index (χ4v) is 2.86. The average Bonchev–Trinajstić information content (AvgIpc) is 2.73. The van der Waals surface area contributed by atoms with Crippen LogP contribution in [-0.2, 0) is 6.54 Å². The molecule has 18 heavy (non-hydrogen) atoms. The summed E-state index contributed by atoms with van der Waals surface area (Å²) < 4.78 is 13.9. The van der Waals surface area contributed by atoms with E-state index in [4.69, 9.17) is 0 Å². The van der Waals surface area contributed by atoms with E-state index in [0.29, 0.717) is 12.2 Å². The van der Waals surface area contributed by atoms with E-state index < -0.39 is 10.7 Å². The van der Waals surface area contributed by atoms with Gasteiger partial charge in [0.25, 0.3) is 5.69 Å². The highest BCUT2D eigenvalue weighted by Crippen LogP contribution is 2.27. The number of thiophene rings is 1. The van der Waals surface area contributed by atoms with Gasteiger partial charge in [0.2, 0.25) is 0 Å². The Bertz CT molecular complexity index is 588. The van der Waals surface area contributed by atoms with Crippen LogP contribution < -0.4 is 5.32 Å². The molecule has 7 heteroatoms. The van der Waals surface area contributed by atoms with E-state index in [1.165, 1.54) is 23.5 Å². The van der Waals surface area contributed by atoms with Gasteiger partial charge in [-0.25, -0.2) is 4.39 Å². The van der Waals surface area contributed by atoms with E-state index in [1.807, 2.05) is 12.1 Å². The summed E-state index contributed by atoms with van der Waals surface area (Å²) in [5.41, 5.74) is 0.0524. The number of nitrogens with zero attached hydrogens (tertiary/aromatic N) is 1. The molecule has 2 aromatic rings. The first kappa shape index (κ1) is 13.0. The van der Waals surface area contributed by atoms with Gasteiger partial charge >= 0.3 is 0 Å². The zero-order valence-electron chi connectivity index (χ0n) is 9.02. The first-order valence-electron chi connectivity index (χ1n) is 4.98. The lowest BCUT2D eigenvalue weighted by Crippen LogP contribution is -2.01. The zero-order chi connectivity index (χ0) is 13.1. The third-order valence-corrected chi connectivity index (χ3v) is 3.86. The second-order valence-electron chi connectivity index (χ2n) is 3.48. The molecule has 0 saturated carbocycles. The summed E-state index contributed by atoms with van der Waals surface area (Å²) in [5.74, 6) is -0.619. The van der Waals surface area contributed by atoms with Gasteiger partial charge in [0.05, 0.1) is 14.8 Å². The van der Waals surface area contributed by atoms with Crippen molar-refractivity contribution in [1.82, 2.24) is 0 Å². The molecule has 94 valence electrons.